The zero-order valence-corrected chi connectivity index (χ0v) is 13.5. The number of benzene rings is 1. The van der Waals surface area contributed by atoms with Crippen LogP contribution in [0.25, 0.3) is 5.70 Å². The van der Waals surface area contributed by atoms with Crippen LogP contribution in [-0.4, -0.2) is 10.8 Å². The molecule has 4 heteroatoms. The number of Topliss-reactive ketones (excluding diaryl/α,β-unsaturated/α-hetero) is 1. The molecule has 0 aliphatic heterocycles. The van der Waals surface area contributed by atoms with E-state index in [2.05, 4.69) is 16.9 Å². The Morgan fingerprint density at radius 1 is 1.12 bits per heavy atom. The number of pyridine rings is 1. The van der Waals surface area contributed by atoms with Gasteiger partial charge in [0.2, 0.25) is 0 Å². The molecular formula is C20H21N3O. The third-order valence-electron chi connectivity index (χ3n) is 4.20. The van der Waals surface area contributed by atoms with Crippen LogP contribution in [0.5, 0.6) is 0 Å². The number of rotatable bonds is 5. The number of hydrogen-bond acceptors (Lipinski definition) is 4. The van der Waals surface area contributed by atoms with Crippen LogP contribution in [-0.2, 0) is 4.79 Å². The second kappa shape index (κ2) is 7.23. The van der Waals surface area contributed by atoms with E-state index >= 15 is 0 Å². The van der Waals surface area contributed by atoms with Crippen molar-refractivity contribution in [3.63, 3.8) is 0 Å². The Kier molecular flexibility index (Phi) is 4.87. The molecule has 24 heavy (non-hydrogen) atoms. The fourth-order valence-electron chi connectivity index (χ4n) is 2.97. The summed E-state index contributed by atoms with van der Waals surface area (Å²) in [5.74, 6) is 0.105. The van der Waals surface area contributed by atoms with Gasteiger partial charge in [0.25, 0.3) is 0 Å². The van der Waals surface area contributed by atoms with E-state index < -0.39 is 6.04 Å². The zero-order chi connectivity index (χ0) is 16.9. The van der Waals surface area contributed by atoms with E-state index in [4.69, 9.17) is 5.73 Å². The van der Waals surface area contributed by atoms with Crippen molar-refractivity contribution >= 4 is 11.5 Å². The second-order valence-corrected chi connectivity index (χ2v) is 5.88. The molecule has 1 aliphatic rings. The molecule has 1 aromatic carbocycles. The van der Waals surface area contributed by atoms with Crippen LogP contribution in [0, 0.1) is 0 Å². The number of ketones is 1. The van der Waals surface area contributed by atoms with E-state index in [1.54, 1.807) is 6.20 Å². The molecule has 1 unspecified atom stereocenters. The molecule has 4 nitrogen and oxygen atoms in total. The van der Waals surface area contributed by atoms with Crippen LogP contribution in [0.3, 0.4) is 0 Å². The van der Waals surface area contributed by atoms with Gasteiger partial charge in [0.15, 0.2) is 5.78 Å². The van der Waals surface area contributed by atoms with Crippen molar-refractivity contribution in [3.05, 3.63) is 83.8 Å². The summed E-state index contributed by atoms with van der Waals surface area (Å²) in [4.78, 5) is 16.8. The highest BCUT2D eigenvalue weighted by Gasteiger charge is 2.27. The van der Waals surface area contributed by atoms with Crippen LogP contribution >= 0.6 is 0 Å². The highest BCUT2D eigenvalue weighted by atomic mass is 16.1. The first-order valence-electron chi connectivity index (χ1n) is 8.11. The molecule has 122 valence electrons. The summed E-state index contributed by atoms with van der Waals surface area (Å²) >= 11 is 0. The maximum atomic E-state index is 12.5. The lowest BCUT2D eigenvalue weighted by molar-refractivity contribution is -0.116. The van der Waals surface area contributed by atoms with Crippen molar-refractivity contribution in [1.82, 2.24) is 10.3 Å². The fraction of sp³-hybridized carbons (Fsp3) is 0.200. The van der Waals surface area contributed by atoms with Crippen LogP contribution in [0.1, 0.15) is 36.6 Å². The quantitative estimate of drug-likeness (QED) is 0.887. The van der Waals surface area contributed by atoms with E-state index in [1.165, 1.54) is 0 Å². The average molecular weight is 319 g/mol. The third kappa shape index (κ3) is 3.44. The topological polar surface area (TPSA) is 68.0 Å². The van der Waals surface area contributed by atoms with E-state index in [0.29, 0.717) is 17.7 Å². The summed E-state index contributed by atoms with van der Waals surface area (Å²) in [6, 6.07) is 14.9. The SMILES string of the molecule is C=C(NC1=C(C(N)c2ccccc2)C(=O)CCC1)c1ccccn1. The first kappa shape index (κ1) is 16.1. The number of allylic oxidation sites excluding steroid dienone is 1. The van der Waals surface area contributed by atoms with Crippen LogP contribution < -0.4 is 11.1 Å². The smallest absolute Gasteiger partial charge is 0.162 e. The Morgan fingerprint density at radius 3 is 2.58 bits per heavy atom. The number of aromatic nitrogens is 1. The molecule has 0 bridgehead atoms. The molecule has 1 aliphatic carbocycles. The monoisotopic (exact) mass is 319 g/mol. The molecule has 0 saturated heterocycles. The highest BCUT2D eigenvalue weighted by Crippen LogP contribution is 2.30. The van der Waals surface area contributed by atoms with E-state index in [1.807, 2.05) is 48.5 Å². The molecule has 1 heterocycles. The van der Waals surface area contributed by atoms with E-state index in [9.17, 15) is 4.79 Å². The zero-order valence-electron chi connectivity index (χ0n) is 13.5. The van der Waals surface area contributed by atoms with Crippen molar-refractivity contribution in [3.8, 4) is 0 Å². The number of nitrogens with zero attached hydrogens (tertiary/aromatic N) is 1. The Hall–Kier alpha value is -2.72. The van der Waals surface area contributed by atoms with Crippen molar-refractivity contribution in [2.75, 3.05) is 0 Å². The molecule has 2 aromatic rings. The average Bonchev–Trinajstić information content (AvgIpc) is 2.63. The normalized spacial score (nSPS) is 16.0. The van der Waals surface area contributed by atoms with Gasteiger partial charge in [0.1, 0.15) is 0 Å². The standard InChI is InChI=1S/C20H21N3O/c1-14(16-10-5-6-13-22-16)23-17-11-7-12-18(24)19(17)20(21)15-8-3-2-4-9-15/h2-6,8-10,13,20,23H,1,7,11-12,21H2. The Bertz CT molecular complexity index is 766. The maximum Gasteiger partial charge on any atom is 0.162 e. The first-order valence-corrected chi connectivity index (χ1v) is 8.11. The van der Waals surface area contributed by atoms with E-state index in [0.717, 1.165) is 29.8 Å². The van der Waals surface area contributed by atoms with Gasteiger partial charge in [-0.05, 0) is 30.5 Å². The molecule has 0 fully saturated rings. The van der Waals surface area contributed by atoms with E-state index in [-0.39, 0.29) is 5.78 Å². The number of nitrogens with one attached hydrogen (secondary N) is 1. The van der Waals surface area contributed by atoms with Gasteiger partial charge >= 0.3 is 0 Å². The number of hydrogen-bond donors (Lipinski definition) is 2. The minimum Gasteiger partial charge on any atom is -0.357 e. The molecule has 0 radical (unpaired) electrons. The van der Waals surface area contributed by atoms with Crippen molar-refractivity contribution in [2.24, 2.45) is 5.73 Å². The predicted octanol–water partition coefficient (Wildman–Crippen LogP) is 3.35. The second-order valence-electron chi connectivity index (χ2n) is 5.88. The van der Waals surface area contributed by atoms with Crippen molar-refractivity contribution in [2.45, 2.75) is 25.3 Å². The fourth-order valence-corrected chi connectivity index (χ4v) is 2.97. The lowest BCUT2D eigenvalue weighted by Crippen LogP contribution is -2.28. The molecule has 1 aromatic heterocycles. The predicted molar refractivity (Wildman–Crippen MR) is 95.7 cm³/mol. The van der Waals surface area contributed by atoms with Gasteiger partial charge < -0.3 is 11.1 Å². The van der Waals surface area contributed by atoms with Crippen molar-refractivity contribution in [1.29, 1.82) is 0 Å². The minimum absolute atomic E-state index is 0.105. The number of nitrogens with two attached hydrogens (primary N) is 1. The summed E-state index contributed by atoms with van der Waals surface area (Å²) in [7, 11) is 0. The molecule has 0 spiro atoms. The molecule has 0 amide bonds. The summed E-state index contributed by atoms with van der Waals surface area (Å²) in [6.45, 7) is 4.05. The van der Waals surface area contributed by atoms with Gasteiger partial charge in [-0.15, -0.1) is 0 Å². The summed E-state index contributed by atoms with van der Waals surface area (Å²) in [5, 5.41) is 3.29. The molecular weight excluding hydrogens is 298 g/mol. The van der Waals surface area contributed by atoms with Gasteiger partial charge in [-0.2, -0.15) is 0 Å². The van der Waals surface area contributed by atoms with Crippen LogP contribution in [0.15, 0.2) is 72.6 Å². The minimum atomic E-state index is -0.432. The van der Waals surface area contributed by atoms with Gasteiger partial charge in [0.05, 0.1) is 17.4 Å². The Balaban J connectivity index is 1.92. The molecule has 1 atom stereocenters. The number of carbonyl (C=O) groups is 1. The van der Waals surface area contributed by atoms with Crippen LogP contribution in [0.2, 0.25) is 0 Å². The lowest BCUT2D eigenvalue weighted by Gasteiger charge is -2.25. The van der Waals surface area contributed by atoms with Crippen LogP contribution in [0.4, 0.5) is 0 Å². The summed E-state index contributed by atoms with van der Waals surface area (Å²) in [5.41, 5.74) is 10.3. The van der Waals surface area contributed by atoms with Gasteiger partial charge in [-0.1, -0.05) is 43.0 Å². The third-order valence-corrected chi connectivity index (χ3v) is 4.20. The molecule has 0 saturated carbocycles. The number of carbonyl (C=O) groups excluding carboxylic acids is 1. The Morgan fingerprint density at radius 2 is 1.88 bits per heavy atom. The maximum absolute atomic E-state index is 12.5. The van der Waals surface area contributed by atoms with Gasteiger partial charge in [-0.3, -0.25) is 9.78 Å². The summed E-state index contributed by atoms with van der Waals surface area (Å²) < 4.78 is 0. The van der Waals surface area contributed by atoms with Gasteiger partial charge in [0, 0.05) is 23.9 Å². The summed E-state index contributed by atoms with van der Waals surface area (Å²) in [6.07, 6.45) is 3.87. The molecule has 3 rings (SSSR count). The van der Waals surface area contributed by atoms with Gasteiger partial charge in [-0.25, -0.2) is 0 Å². The molecule has 3 N–H and O–H groups in total. The largest absolute Gasteiger partial charge is 0.357 e. The first-order chi connectivity index (χ1) is 11.7. The lowest BCUT2D eigenvalue weighted by atomic mass is 9.87. The van der Waals surface area contributed by atoms with Crippen molar-refractivity contribution < 1.29 is 4.79 Å². The Labute approximate surface area is 142 Å². The highest BCUT2D eigenvalue weighted by molar-refractivity contribution is 5.98.